The molecule has 0 heterocycles. The summed E-state index contributed by atoms with van der Waals surface area (Å²) in [4.78, 5) is 0. The molecule has 0 aromatic heterocycles. The van der Waals surface area contributed by atoms with Crippen molar-refractivity contribution < 1.29 is 34.6 Å². The van der Waals surface area contributed by atoms with Crippen LogP contribution in [0.25, 0.3) is 10.8 Å². The predicted molar refractivity (Wildman–Crippen MR) is 125 cm³/mol. The molecule has 0 radical (unpaired) electrons. The summed E-state index contributed by atoms with van der Waals surface area (Å²) >= 11 is 0. The number of alkyl halides is 3. The number of benzene rings is 2. The van der Waals surface area contributed by atoms with Gasteiger partial charge in [-0.3, -0.25) is 0 Å². The summed E-state index contributed by atoms with van der Waals surface area (Å²) in [6.45, 7) is 13.5. The lowest BCUT2D eigenvalue weighted by Crippen LogP contribution is -2.48. The number of aryl methyl sites for hydroxylation is 1. The highest BCUT2D eigenvalue weighted by molar-refractivity contribution is 7.88. The highest BCUT2D eigenvalue weighted by Crippen LogP contribution is 2.42. The van der Waals surface area contributed by atoms with Gasteiger partial charge in [0.15, 0.2) is 14.1 Å². The SMILES string of the molecule is CC(C)[Si](OCCCc1cccc2c(F)ccc(OS(=O)(=O)C(F)(F)F)c12)(C(C)C)C(C)C. The highest BCUT2D eigenvalue weighted by Gasteiger charge is 2.49. The van der Waals surface area contributed by atoms with Gasteiger partial charge in [0.25, 0.3) is 0 Å². The second-order valence-corrected chi connectivity index (χ2v) is 16.1. The molecule has 0 fully saturated rings. The predicted octanol–water partition coefficient (Wildman–Crippen LogP) is 7.33. The van der Waals surface area contributed by atoms with Crippen LogP contribution in [0.3, 0.4) is 0 Å². The summed E-state index contributed by atoms with van der Waals surface area (Å²) in [6.07, 6.45) is 0.907. The molecule has 0 amide bonds. The summed E-state index contributed by atoms with van der Waals surface area (Å²) in [5.41, 5.74) is -3.89. The van der Waals surface area contributed by atoms with E-state index in [1.807, 2.05) is 0 Å². The van der Waals surface area contributed by atoms with Gasteiger partial charge in [0.1, 0.15) is 5.82 Å². The van der Waals surface area contributed by atoms with Crippen molar-refractivity contribution in [3.05, 3.63) is 41.7 Å². The van der Waals surface area contributed by atoms with Gasteiger partial charge in [-0.1, -0.05) is 59.7 Å². The zero-order valence-electron chi connectivity index (χ0n) is 19.8. The molecule has 0 atom stereocenters. The summed E-state index contributed by atoms with van der Waals surface area (Å²) in [6, 6.07) is 6.40. The van der Waals surface area contributed by atoms with Crippen LogP contribution in [0.2, 0.25) is 16.6 Å². The zero-order valence-corrected chi connectivity index (χ0v) is 21.6. The Morgan fingerprint density at radius 2 is 1.52 bits per heavy atom. The average molecular weight is 509 g/mol. The van der Waals surface area contributed by atoms with Crippen molar-refractivity contribution in [2.45, 2.75) is 76.5 Å². The summed E-state index contributed by atoms with van der Waals surface area (Å²) in [5, 5.41) is 0.0176. The lowest BCUT2D eigenvalue weighted by Gasteiger charge is -2.42. The smallest absolute Gasteiger partial charge is 0.416 e. The molecule has 0 N–H and O–H groups in total. The van der Waals surface area contributed by atoms with Crippen LogP contribution in [0.1, 0.15) is 53.5 Å². The van der Waals surface area contributed by atoms with Crippen LogP contribution in [0.15, 0.2) is 30.3 Å². The molecule has 33 heavy (non-hydrogen) atoms. The molecule has 0 saturated carbocycles. The molecule has 0 saturated heterocycles. The van der Waals surface area contributed by atoms with Crippen molar-refractivity contribution in [3.8, 4) is 5.75 Å². The summed E-state index contributed by atoms with van der Waals surface area (Å²) < 4.78 is 87.0. The molecule has 0 unspecified atom stereocenters. The van der Waals surface area contributed by atoms with Gasteiger partial charge < -0.3 is 8.61 Å². The second-order valence-electron chi connectivity index (χ2n) is 9.14. The Kier molecular flexibility index (Phi) is 8.62. The molecule has 0 spiro atoms. The monoisotopic (exact) mass is 508 g/mol. The van der Waals surface area contributed by atoms with E-state index in [9.17, 15) is 26.0 Å². The first-order valence-corrected chi connectivity index (χ1v) is 14.5. The first kappa shape index (κ1) is 27.6. The standard InChI is InChI=1S/C23H32F4O4SSi/c1-15(2)33(16(3)4,17(5)6)30-14-8-10-18-9-7-11-19-20(24)12-13-21(22(18)19)31-32(28,29)23(25,26)27/h7,9,11-13,15-17H,8,10,14H2,1-6H3. The van der Waals surface area contributed by atoms with Gasteiger partial charge in [-0.2, -0.15) is 21.6 Å². The van der Waals surface area contributed by atoms with Crippen LogP contribution in [0, 0.1) is 5.82 Å². The largest absolute Gasteiger partial charge is 0.534 e. The zero-order chi connectivity index (χ0) is 25.2. The van der Waals surface area contributed by atoms with E-state index in [0.717, 1.165) is 12.1 Å². The first-order valence-electron chi connectivity index (χ1n) is 11.0. The Balaban J connectivity index is 2.34. The molecule has 2 aromatic rings. The molecule has 0 aliphatic rings. The molecule has 4 nitrogen and oxygen atoms in total. The lowest BCUT2D eigenvalue weighted by molar-refractivity contribution is -0.0499. The summed E-state index contributed by atoms with van der Waals surface area (Å²) in [5.74, 6) is -1.22. The van der Waals surface area contributed by atoms with E-state index >= 15 is 0 Å². The normalized spacial score (nSPS) is 13.5. The number of fused-ring (bicyclic) bond motifs is 1. The Hall–Kier alpha value is -1.65. The van der Waals surface area contributed by atoms with Crippen molar-refractivity contribution in [1.82, 2.24) is 0 Å². The lowest BCUT2D eigenvalue weighted by atomic mass is 10.00. The molecule has 10 heteroatoms. The van der Waals surface area contributed by atoms with Crippen LogP contribution in [-0.4, -0.2) is 28.9 Å². The molecular weight excluding hydrogens is 476 g/mol. The Bertz CT molecular complexity index is 1040. The van der Waals surface area contributed by atoms with Gasteiger partial charge in [0, 0.05) is 17.4 Å². The number of hydrogen-bond donors (Lipinski definition) is 0. The van der Waals surface area contributed by atoms with Crippen LogP contribution in [-0.2, 0) is 21.0 Å². The maximum atomic E-state index is 14.4. The van der Waals surface area contributed by atoms with Crippen LogP contribution < -0.4 is 4.18 Å². The molecular formula is C23H32F4O4SSi. The molecule has 2 rings (SSSR count). The molecule has 2 aromatic carbocycles. The average Bonchev–Trinajstić information content (AvgIpc) is 2.68. The van der Waals surface area contributed by atoms with Crippen molar-refractivity contribution in [1.29, 1.82) is 0 Å². The van der Waals surface area contributed by atoms with Crippen molar-refractivity contribution in [2.75, 3.05) is 6.61 Å². The van der Waals surface area contributed by atoms with E-state index in [1.165, 1.54) is 6.07 Å². The minimum atomic E-state index is -5.89. The van der Waals surface area contributed by atoms with E-state index < -0.39 is 35.5 Å². The third-order valence-corrected chi connectivity index (χ3v) is 13.3. The fourth-order valence-corrected chi connectivity index (χ4v) is 10.8. The van der Waals surface area contributed by atoms with E-state index in [2.05, 4.69) is 45.7 Å². The van der Waals surface area contributed by atoms with E-state index in [4.69, 9.17) is 4.43 Å². The minimum absolute atomic E-state index is 0.00134. The van der Waals surface area contributed by atoms with Crippen molar-refractivity contribution in [2.24, 2.45) is 0 Å². The number of hydrogen-bond acceptors (Lipinski definition) is 4. The fourth-order valence-electron chi connectivity index (χ4n) is 4.87. The Labute approximate surface area is 194 Å². The number of halogens is 4. The summed E-state index contributed by atoms with van der Waals surface area (Å²) in [7, 11) is -7.97. The maximum absolute atomic E-state index is 14.4. The Morgan fingerprint density at radius 3 is 2.03 bits per heavy atom. The fraction of sp³-hybridized carbons (Fsp3) is 0.565. The van der Waals surface area contributed by atoms with Crippen LogP contribution in [0.4, 0.5) is 17.6 Å². The van der Waals surface area contributed by atoms with Gasteiger partial charge in [-0.25, -0.2) is 4.39 Å². The van der Waals surface area contributed by atoms with E-state index in [0.29, 0.717) is 41.6 Å². The van der Waals surface area contributed by atoms with E-state index in [1.54, 1.807) is 12.1 Å². The molecule has 0 aliphatic heterocycles. The quantitative estimate of drug-likeness (QED) is 0.111. The third kappa shape index (κ3) is 5.71. The highest BCUT2D eigenvalue weighted by atomic mass is 32.2. The number of rotatable bonds is 10. The van der Waals surface area contributed by atoms with Crippen LogP contribution >= 0.6 is 0 Å². The third-order valence-electron chi connectivity index (χ3n) is 6.17. The molecule has 0 bridgehead atoms. The van der Waals surface area contributed by atoms with Crippen molar-refractivity contribution >= 4 is 29.2 Å². The Morgan fingerprint density at radius 1 is 0.939 bits per heavy atom. The first-order chi connectivity index (χ1) is 15.1. The minimum Gasteiger partial charge on any atom is -0.416 e. The molecule has 186 valence electrons. The van der Waals surface area contributed by atoms with Gasteiger partial charge in [-0.15, -0.1) is 0 Å². The van der Waals surface area contributed by atoms with Gasteiger partial charge in [-0.05, 0) is 47.2 Å². The van der Waals surface area contributed by atoms with Gasteiger partial charge in [0.05, 0.1) is 0 Å². The van der Waals surface area contributed by atoms with Gasteiger partial charge in [0.2, 0.25) is 0 Å². The van der Waals surface area contributed by atoms with Crippen LogP contribution in [0.5, 0.6) is 5.75 Å². The topological polar surface area (TPSA) is 52.6 Å². The second kappa shape index (κ2) is 10.3. The van der Waals surface area contributed by atoms with Crippen molar-refractivity contribution in [3.63, 3.8) is 0 Å². The maximum Gasteiger partial charge on any atom is 0.534 e. The van der Waals surface area contributed by atoms with Gasteiger partial charge >= 0.3 is 15.6 Å². The molecule has 0 aliphatic carbocycles. The van der Waals surface area contributed by atoms with E-state index in [-0.39, 0.29) is 10.8 Å².